The van der Waals surface area contributed by atoms with Gasteiger partial charge in [-0.15, -0.1) is 0 Å². The lowest BCUT2D eigenvalue weighted by Crippen LogP contribution is -2.39. The fourth-order valence-corrected chi connectivity index (χ4v) is 3.21. The molecule has 0 radical (unpaired) electrons. The maximum Gasteiger partial charge on any atom is 0.169 e. The van der Waals surface area contributed by atoms with Crippen molar-refractivity contribution in [3.63, 3.8) is 0 Å². The van der Waals surface area contributed by atoms with Crippen LogP contribution in [0.1, 0.15) is 32.1 Å². The van der Waals surface area contributed by atoms with E-state index in [1.807, 2.05) is 0 Å². The molecule has 1 saturated heterocycles. The number of hydrogen-bond donors (Lipinski definition) is 1. The third-order valence-corrected chi connectivity index (χ3v) is 4.29. The Kier molecular flexibility index (Phi) is 2.15. The van der Waals surface area contributed by atoms with Crippen LogP contribution < -0.4 is 5.32 Å². The van der Waals surface area contributed by atoms with Gasteiger partial charge in [-0.3, -0.25) is 0 Å². The molecule has 2 aliphatic carbocycles. The topological polar surface area (TPSA) is 15.3 Å². The van der Waals surface area contributed by atoms with E-state index in [0.717, 1.165) is 16.9 Å². The Morgan fingerprint density at radius 3 is 2.29 bits per heavy atom. The number of hydrogen-bond acceptors (Lipinski definition) is 1. The summed E-state index contributed by atoms with van der Waals surface area (Å²) in [4.78, 5) is 2.40. The molecule has 1 aliphatic heterocycles. The second-order valence-corrected chi connectivity index (χ2v) is 5.47. The lowest BCUT2D eigenvalue weighted by atomic mass is 10.0. The maximum absolute atomic E-state index is 5.42. The first-order chi connectivity index (χ1) is 6.83. The second kappa shape index (κ2) is 3.37. The first-order valence-electron chi connectivity index (χ1n) is 5.88. The van der Waals surface area contributed by atoms with E-state index >= 15 is 0 Å². The normalized spacial score (nSPS) is 35.9. The Hall–Kier alpha value is -0.310. The van der Waals surface area contributed by atoms with Crippen LogP contribution in [-0.2, 0) is 0 Å². The number of nitrogens with one attached hydrogen (secondary N) is 1. The van der Waals surface area contributed by atoms with Crippen LogP contribution in [0.5, 0.6) is 0 Å². The van der Waals surface area contributed by atoms with Crippen molar-refractivity contribution in [2.45, 2.75) is 38.1 Å². The van der Waals surface area contributed by atoms with Gasteiger partial charge in [-0.05, 0) is 49.7 Å². The zero-order chi connectivity index (χ0) is 9.54. The van der Waals surface area contributed by atoms with Gasteiger partial charge in [-0.2, -0.15) is 0 Å². The first kappa shape index (κ1) is 8.96. The lowest BCUT2D eigenvalue weighted by Gasteiger charge is -2.21. The molecule has 2 saturated carbocycles. The van der Waals surface area contributed by atoms with Crippen molar-refractivity contribution >= 4 is 17.3 Å². The summed E-state index contributed by atoms with van der Waals surface area (Å²) in [5, 5.41) is 4.47. The van der Waals surface area contributed by atoms with Gasteiger partial charge < -0.3 is 10.2 Å². The molecule has 2 nitrogen and oxygen atoms in total. The van der Waals surface area contributed by atoms with Gasteiger partial charge in [0.2, 0.25) is 0 Å². The van der Waals surface area contributed by atoms with Crippen LogP contribution in [0.3, 0.4) is 0 Å². The number of fused-ring (bicyclic) bond motifs is 1. The van der Waals surface area contributed by atoms with Crippen LogP contribution >= 0.6 is 12.2 Å². The standard InChI is InChI=1S/C11H18N2S/c14-11(12-10-4-5-10)13-6-8-2-1-3-9(8)7-13/h8-10H,1-7H2,(H,12,14). The summed E-state index contributed by atoms with van der Waals surface area (Å²) < 4.78 is 0. The van der Waals surface area contributed by atoms with Crippen molar-refractivity contribution < 1.29 is 0 Å². The summed E-state index contributed by atoms with van der Waals surface area (Å²) in [6, 6.07) is 0.711. The van der Waals surface area contributed by atoms with Gasteiger partial charge >= 0.3 is 0 Å². The molecule has 0 aromatic rings. The van der Waals surface area contributed by atoms with E-state index in [9.17, 15) is 0 Å². The van der Waals surface area contributed by atoms with Gasteiger partial charge in [-0.1, -0.05) is 6.42 Å². The number of likely N-dealkylation sites (tertiary alicyclic amines) is 1. The molecule has 3 rings (SSSR count). The Bertz CT molecular complexity index is 238. The highest BCUT2D eigenvalue weighted by Gasteiger charge is 2.37. The smallest absolute Gasteiger partial charge is 0.169 e. The Morgan fingerprint density at radius 2 is 1.71 bits per heavy atom. The zero-order valence-corrected chi connectivity index (χ0v) is 9.35. The molecule has 1 heterocycles. The number of rotatable bonds is 1. The van der Waals surface area contributed by atoms with Crippen molar-refractivity contribution in [1.82, 2.24) is 10.2 Å². The van der Waals surface area contributed by atoms with E-state index in [1.54, 1.807) is 0 Å². The van der Waals surface area contributed by atoms with Gasteiger partial charge in [0.15, 0.2) is 5.11 Å². The predicted octanol–water partition coefficient (Wildman–Crippen LogP) is 1.76. The van der Waals surface area contributed by atoms with E-state index in [1.165, 1.54) is 45.2 Å². The molecule has 3 heteroatoms. The summed E-state index contributed by atoms with van der Waals surface area (Å²) in [6.45, 7) is 2.45. The summed E-state index contributed by atoms with van der Waals surface area (Å²) >= 11 is 5.42. The van der Waals surface area contributed by atoms with Gasteiger partial charge in [-0.25, -0.2) is 0 Å². The molecule has 0 aromatic carbocycles. The van der Waals surface area contributed by atoms with Crippen molar-refractivity contribution in [3.8, 4) is 0 Å². The molecule has 2 unspecified atom stereocenters. The molecule has 0 spiro atoms. The van der Waals surface area contributed by atoms with Crippen LogP contribution in [0.15, 0.2) is 0 Å². The SMILES string of the molecule is S=C(NC1CC1)N1CC2CCCC2C1. The highest BCUT2D eigenvalue weighted by atomic mass is 32.1. The molecule has 78 valence electrons. The van der Waals surface area contributed by atoms with E-state index in [4.69, 9.17) is 12.2 Å². The van der Waals surface area contributed by atoms with Crippen LogP contribution in [0.4, 0.5) is 0 Å². The van der Waals surface area contributed by atoms with Crippen molar-refractivity contribution in [2.75, 3.05) is 13.1 Å². The highest BCUT2D eigenvalue weighted by molar-refractivity contribution is 7.80. The molecule has 0 bridgehead atoms. The monoisotopic (exact) mass is 210 g/mol. The van der Waals surface area contributed by atoms with Crippen LogP contribution in [0, 0.1) is 11.8 Å². The third-order valence-electron chi connectivity index (χ3n) is 3.92. The van der Waals surface area contributed by atoms with E-state index in [2.05, 4.69) is 10.2 Å². The number of thiocarbonyl (C=S) groups is 1. The van der Waals surface area contributed by atoms with Crippen LogP contribution in [0.2, 0.25) is 0 Å². The average Bonchev–Trinajstić information content (AvgIpc) is 2.73. The highest BCUT2D eigenvalue weighted by Crippen LogP contribution is 2.37. The summed E-state index contributed by atoms with van der Waals surface area (Å²) in [7, 11) is 0. The Morgan fingerprint density at radius 1 is 1.07 bits per heavy atom. The summed E-state index contributed by atoms with van der Waals surface area (Å²) in [5.41, 5.74) is 0. The van der Waals surface area contributed by atoms with Crippen LogP contribution in [0.25, 0.3) is 0 Å². The van der Waals surface area contributed by atoms with Gasteiger partial charge in [0.05, 0.1) is 0 Å². The molecule has 3 fully saturated rings. The molecule has 2 atom stereocenters. The molecule has 0 amide bonds. The molecule has 1 N–H and O–H groups in total. The minimum absolute atomic E-state index is 0.711. The molecule has 3 aliphatic rings. The van der Waals surface area contributed by atoms with E-state index < -0.39 is 0 Å². The molecular weight excluding hydrogens is 192 g/mol. The van der Waals surface area contributed by atoms with Crippen LogP contribution in [-0.4, -0.2) is 29.1 Å². The van der Waals surface area contributed by atoms with E-state index in [0.29, 0.717) is 6.04 Å². The third kappa shape index (κ3) is 1.62. The molecular formula is C11H18N2S. The average molecular weight is 210 g/mol. The fourth-order valence-electron chi connectivity index (χ4n) is 2.89. The minimum Gasteiger partial charge on any atom is -0.360 e. The molecule has 0 aromatic heterocycles. The van der Waals surface area contributed by atoms with Crippen molar-refractivity contribution in [1.29, 1.82) is 0 Å². The largest absolute Gasteiger partial charge is 0.360 e. The number of nitrogens with zero attached hydrogens (tertiary/aromatic N) is 1. The lowest BCUT2D eigenvalue weighted by molar-refractivity contribution is 0.455. The van der Waals surface area contributed by atoms with Gasteiger partial charge in [0.1, 0.15) is 0 Å². The summed E-state index contributed by atoms with van der Waals surface area (Å²) in [5.74, 6) is 1.91. The Balaban J connectivity index is 1.56. The Labute approximate surface area is 91.0 Å². The van der Waals surface area contributed by atoms with E-state index in [-0.39, 0.29) is 0 Å². The van der Waals surface area contributed by atoms with Gasteiger partial charge in [0, 0.05) is 19.1 Å². The maximum atomic E-state index is 5.42. The predicted molar refractivity (Wildman–Crippen MR) is 61.2 cm³/mol. The first-order valence-corrected chi connectivity index (χ1v) is 6.29. The van der Waals surface area contributed by atoms with Crippen molar-refractivity contribution in [2.24, 2.45) is 11.8 Å². The van der Waals surface area contributed by atoms with Crippen molar-refractivity contribution in [3.05, 3.63) is 0 Å². The quantitative estimate of drug-likeness (QED) is 0.664. The second-order valence-electron chi connectivity index (χ2n) is 5.08. The molecule has 14 heavy (non-hydrogen) atoms. The fraction of sp³-hybridized carbons (Fsp3) is 0.909. The minimum atomic E-state index is 0.711. The zero-order valence-electron chi connectivity index (χ0n) is 8.54. The van der Waals surface area contributed by atoms with Gasteiger partial charge in [0.25, 0.3) is 0 Å². The summed E-state index contributed by atoms with van der Waals surface area (Å²) in [6.07, 6.45) is 6.97.